The van der Waals surface area contributed by atoms with E-state index in [4.69, 9.17) is 9.72 Å². The average molecular weight is 350 g/mol. The van der Waals surface area contributed by atoms with Gasteiger partial charge < -0.3 is 9.72 Å². The first-order chi connectivity index (χ1) is 12.5. The molecule has 0 atom stereocenters. The van der Waals surface area contributed by atoms with E-state index in [2.05, 4.69) is 16.9 Å². The quantitative estimate of drug-likeness (QED) is 0.745. The standard InChI is InChI=1S/C20H22N4O2/c1-4-5-9-24-17-11-16-15(10-14(17)20(2,3)26-19(24)25)22-18(23-16)13-7-6-8-21-12-13/h6-8,10-12H,4-5,9H2,1-3H3,(H,22,23). The summed E-state index contributed by atoms with van der Waals surface area (Å²) in [5.41, 5.74) is 3.87. The number of aromatic nitrogens is 3. The van der Waals surface area contributed by atoms with Crippen molar-refractivity contribution in [2.75, 3.05) is 11.4 Å². The minimum atomic E-state index is -0.678. The summed E-state index contributed by atoms with van der Waals surface area (Å²) in [5.74, 6) is 0.764. The predicted molar refractivity (Wildman–Crippen MR) is 101 cm³/mol. The van der Waals surface area contributed by atoms with Crippen molar-refractivity contribution >= 4 is 22.8 Å². The second-order valence-corrected chi connectivity index (χ2v) is 7.10. The van der Waals surface area contributed by atoms with Crippen molar-refractivity contribution in [2.45, 2.75) is 39.2 Å². The molecule has 1 amide bonds. The lowest BCUT2D eigenvalue weighted by Crippen LogP contribution is -2.43. The lowest BCUT2D eigenvalue weighted by molar-refractivity contribution is 0.0351. The molecule has 3 aromatic rings. The van der Waals surface area contributed by atoms with Gasteiger partial charge in [0.05, 0.1) is 16.7 Å². The zero-order chi connectivity index (χ0) is 18.3. The van der Waals surface area contributed by atoms with Crippen molar-refractivity contribution in [2.24, 2.45) is 0 Å². The average Bonchev–Trinajstić information content (AvgIpc) is 3.04. The zero-order valence-corrected chi connectivity index (χ0v) is 15.2. The van der Waals surface area contributed by atoms with Crippen LogP contribution in [0.3, 0.4) is 0 Å². The molecule has 0 radical (unpaired) electrons. The highest BCUT2D eigenvalue weighted by Crippen LogP contribution is 2.41. The topological polar surface area (TPSA) is 71.1 Å². The summed E-state index contributed by atoms with van der Waals surface area (Å²) in [7, 11) is 0. The van der Waals surface area contributed by atoms with E-state index in [-0.39, 0.29) is 6.09 Å². The minimum Gasteiger partial charge on any atom is -0.438 e. The van der Waals surface area contributed by atoms with Gasteiger partial charge in [-0.3, -0.25) is 9.88 Å². The number of nitrogens with zero attached hydrogens (tertiary/aromatic N) is 3. The fraction of sp³-hybridized carbons (Fsp3) is 0.350. The van der Waals surface area contributed by atoms with Gasteiger partial charge in [-0.15, -0.1) is 0 Å². The summed E-state index contributed by atoms with van der Waals surface area (Å²) in [6, 6.07) is 7.88. The number of ether oxygens (including phenoxy) is 1. The number of imidazole rings is 1. The maximum Gasteiger partial charge on any atom is 0.415 e. The number of unbranched alkanes of at least 4 members (excludes halogenated alkanes) is 1. The van der Waals surface area contributed by atoms with Gasteiger partial charge in [-0.25, -0.2) is 9.78 Å². The molecule has 1 aliphatic rings. The van der Waals surface area contributed by atoms with Gasteiger partial charge in [-0.05, 0) is 44.5 Å². The lowest BCUT2D eigenvalue weighted by Gasteiger charge is -2.38. The Bertz CT molecular complexity index is 963. The van der Waals surface area contributed by atoms with E-state index >= 15 is 0 Å². The molecule has 26 heavy (non-hydrogen) atoms. The summed E-state index contributed by atoms with van der Waals surface area (Å²) in [6.07, 6.45) is 5.16. The molecule has 4 rings (SSSR count). The maximum atomic E-state index is 12.5. The van der Waals surface area contributed by atoms with Crippen LogP contribution in [0.1, 0.15) is 39.2 Å². The molecule has 0 spiro atoms. The molecule has 0 unspecified atom stereocenters. The third-order valence-corrected chi connectivity index (χ3v) is 4.77. The van der Waals surface area contributed by atoms with Gasteiger partial charge in [-0.2, -0.15) is 0 Å². The number of rotatable bonds is 4. The van der Waals surface area contributed by atoms with E-state index in [1.54, 1.807) is 17.3 Å². The molecule has 0 saturated heterocycles. The van der Waals surface area contributed by atoms with Crippen molar-refractivity contribution in [3.63, 3.8) is 0 Å². The summed E-state index contributed by atoms with van der Waals surface area (Å²) in [6.45, 7) is 6.59. The van der Waals surface area contributed by atoms with Crippen LogP contribution in [0.4, 0.5) is 10.5 Å². The summed E-state index contributed by atoms with van der Waals surface area (Å²) < 4.78 is 5.69. The molecule has 0 bridgehead atoms. The van der Waals surface area contributed by atoms with E-state index in [0.717, 1.165) is 46.5 Å². The van der Waals surface area contributed by atoms with Crippen molar-refractivity contribution in [3.05, 3.63) is 42.2 Å². The smallest absolute Gasteiger partial charge is 0.415 e. The monoisotopic (exact) mass is 350 g/mol. The van der Waals surface area contributed by atoms with Crippen LogP contribution in [0.2, 0.25) is 0 Å². The number of benzene rings is 1. The first kappa shape index (κ1) is 16.6. The second kappa shape index (κ2) is 6.12. The van der Waals surface area contributed by atoms with Crippen molar-refractivity contribution < 1.29 is 9.53 Å². The lowest BCUT2D eigenvalue weighted by atomic mass is 9.93. The fourth-order valence-electron chi connectivity index (χ4n) is 3.35. The third-order valence-electron chi connectivity index (χ3n) is 4.77. The number of cyclic esters (lactones) is 1. The number of anilines is 1. The van der Waals surface area contributed by atoms with E-state index < -0.39 is 5.60 Å². The van der Waals surface area contributed by atoms with Gasteiger partial charge in [-0.1, -0.05) is 13.3 Å². The number of carbonyl (C=O) groups excluding carboxylic acids is 1. The van der Waals surface area contributed by atoms with Crippen LogP contribution in [0.5, 0.6) is 0 Å². The largest absolute Gasteiger partial charge is 0.438 e. The van der Waals surface area contributed by atoms with Gasteiger partial charge in [0.15, 0.2) is 0 Å². The Balaban J connectivity index is 1.86. The first-order valence-corrected chi connectivity index (χ1v) is 8.95. The molecule has 2 aromatic heterocycles. The number of carbonyl (C=O) groups is 1. The molecule has 0 saturated carbocycles. The highest BCUT2D eigenvalue weighted by atomic mass is 16.6. The number of hydrogen-bond donors (Lipinski definition) is 1. The Morgan fingerprint density at radius 3 is 2.88 bits per heavy atom. The van der Waals surface area contributed by atoms with Crippen LogP contribution >= 0.6 is 0 Å². The van der Waals surface area contributed by atoms with E-state index in [1.165, 1.54) is 0 Å². The van der Waals surface area contributed by atoms with Crippen LogP contribution in [-0.2, 0) is 10.3 Å². The third kappa shape index (κ3) is 2.71. The highest BCUT2D eigenvalue weighted by molar-refractivity contribution is 5.95. The van der Waals surface area contributed by atoms with Gasteiger partial charge in [0.25, 0.3) is 0 Å². The molecule has 3 heterocycles. The van der Waals surface area contributed by atoms with E-state index in [0.29, 0.717) is 6.54 Å². The zero-order valence-electron chi connectivity index (χ0n) is 15.2. The number of aromatic amines is 1. The first-order valence-electron chi connectivity index (χ1n) is 8.95. The van der Waals surface area contributed by atoms with Crippen molar-refractivity contribution in [3.8, 4) is 11.4 Å². The number of amides is 1. The molecular weight excluding hydrogens is 328 g/mol. The molecule has 1 N–H and O–H groups in total. The Morgan fingerprint density at radius 2 is 2.15 bits per heavy atom. The molecule has 6 nitrogen and oxygen atoms in total. The minimum absolute atomic E-state index is 0.293. The van der Waals surface area contributed by atoms with Gasteiger partial charge >= 0.3 is 6.09 Å². The fourth-order valence-corrected chi connectivity index (χ4v) is 3.35. The van der Waals surface area contributed by atoms with Crippen LogP contribution < -0.4 is 4.90 Å². The van der Waals surface area contributed by atoms with Crippen LogP contribution in [0.25, 0.3) is 22.4 Å². The van der Waals surface area contributed by atoms with Gasteiger partial charge in [0.1, 0.15) is 11.4 Å². The summed E-state index contributed by atoms with van der Waals surface area (Å²) in [5, 5.41) is 0. The molecule has 1 aromatic carbocycles. The Hall–Kier alpha value is -2.89. The molecule has 6 heteroatoms. The SMILES string of the molecule is CCCCN1C(=O)OC(C)(C)c2cc3[nH]c(-c4cccnc4)nc3cc21. The maximum absolute atomic E-state index is 12.5. The highest BCUT2D eigenvalue weighted by Gasteiger charge is 2.38. The normalized spacial score (nSPS) is 15.8. The second-order valence-electron chi connectivity index (χ2n) is 7.10. The van der Waals surface area contributed by atoms with Gasteiger partial charge in [0, 0.05) is 30.1 Å². The van der Waals surface area contributed by atoms with Gasteiger partial charge in [0.2, 0.25) is 0 Å². The van der Waals surface area contributed by atoms with Crippen molar-refractivity contribution in [1.82, 2.24) is 15.0 Å². The number of H-pyrrole nitrogens is 1. The Labute approximate surface area is 152 Å². The van der Waals surface area contributed by atoms with Crippen molar-refractivity contribution in [1.29, 1.82) is 0 Å². The molecule has 1 aliphatic heterocycles. The molecule has 0 fully saturated rings. The number of nitrogens with one attached hydrogen (secondary N) is 1. The molecule has 134 valence electrons. The predicted octanol–water partition coefficient (Wildman–Crippen LogP) is 4.62. The number of hydrogen-bond acceptors (Lipinski definition) is 4. The van der Waals surface area contributed by atoms with Crippen LogP contribution in [0.15, 0.2) is 36.7 Å². The van der Waals surface area contributed by atoms with E-state index in [1.807, 2.05) is 38.1 Å². The summed E-state index contributed by atoms with van der Waals surface area (Å²) >= 11 is 0. The van der Waals surface area contributed by atoms with Crippen LogP contribution in [-0.4, -0.2) is 27.6 Å². The Kier molecular flexibility index (Phi) is 3.90. The summed E-state index contributed by atoms with van der Waals surface area (Å²) in [4.78, 5) is 26.5. The molecular formula is C20H22N4O2. The van der Waals surface area contributed by atoms with Crippen LogP contribution in [0, 0.1) is 0 Å². The Morgan fingerprint density at radius 1 is 1.31 bits per heavy atom. The number of fused-ring (bicyclic) bond motifs is 2. The molecule has 0 aliphatic carbocycles. The number of pyridine rings is 1. The van der Waals surface area contributed by atoms with E-state index in [9.17, 15) is 4.79 Å².